The van der Waals surface area contributed by atoms with Crippen molar-refractivity contribution in [2.24, 2.45) is 5.41 Å². The summed E-state index contributed by atoms with van der Waals surface area (Å²) in [4.78, 5) is 0. The lowest BCUT2D eigenvalue weighted by atomic mass is 9.76. The lowest BCUT2D eigenvalue weighted by Gasteiger charge is -2.25. The first-order valence-electron chi connectivity index (χ1n) is 5.19. The molecule has 0 saturated heterocycles. The van der Waals surface area contributed by atoms with Gasteiger partial charge in [-0.1, -0.05) is 13.8 Å². The maximum atomic E-state index is 5.73. The minimum absolute atomic E-state index is 0.410. The summed E-state index contributed by atoms with van der Waals surface area (Å²) < 4.78 is 5.73. The quantitative estimate of drug-likeness (QED) is 0.591. The van der Waals surface area contributed by atoms with Crippen molar-refractivity contribution in [3.8, 4) is 0 Å². The Kier molecular flexibility index (Phi) is 1.19. The zero-order chi connectivity index (χ0) is 9.10. The minimum Gasteiger partial charge on any atom is -0.465 e. The van der Waals surface area contributed by atoms with Gasteiger partial charge in [-0.2, -0.15) is 0 Å². The molecule has 2 bridgehead atoms. The van der Waals surface area contributed by atoms with Crippen LogP contribution < -0.4 is 0 Å². The van der Waals surface area contributed by atoms with E-state index in [0.29, 0.717) is 10.8 Å². The molecule has 1 atom stereocenters. The van der Waals surface area contributed by atoms with Crippen LogP contribution in [-0.4, -0.2) is 0 Å². The van der Waals surface area contributed by atoms with Gasteiger partial charge >= 0.3 is 0 Å². The Morgan fingerprint density at radius 1 is 1.23 bits per heavy atom. The first-order chi connectivity index (χ1) is 6.10. The number of furan rings is 1. The molecule has 1 spiro atoms. The monoisotopic (exact) mass is 176 g/mol. The van der Waals surface area contributed by atoms with Gasteiger partial charge in [0.05, 0.1) is 0 Å². The molecule has 3 rings (SSSR count). The largest absolute Gasteiger partial charge is 0.465 e. The van der Waals surface area contributed by atoms with Crippen LogP contribution in [0, 0.1) is 5.41 Å². The first-order valence-corrected chi connectivity index (χ1v) is 5.19. The topological polar surface area (TPSA) is 13.1 Å². The summed E-state index contributed by atoms with van der Waals surface area (Å²) in [5.74, 6) is 2.46. The number of hydrogen-bond donors (Lipinski definition) is 0. The van der Waals surface area contributed by atoms with Gasteiger partial charge in [-0.05, 0) is 36.8 Å². The summed E-state index contributed by atoms with van der Waals surface area (Å²) in [6.45, 7) is 4.76. The zero-order valence-electron chi connectivity index (χ0n) is 8.39. The molecule has 1 heteroatoms. The van der Waals surface area contributed by atoms with E-state index >= 15 is 0 Å². The van der Waals surface area contributed by atoms with Crippen LogP contribution in [0.5, 0.6) is 0 Å². The molecule has 0 aromatic carbocycles. The molecule has 1 unspecified atom stereocenters. The third-order valence-corrected chi connectivity index (χ3v) is 3.79. The van der Waals surface area contributed by atoms with E-state index in [1.807, 2.05) is 0 Å². The Morgan fingerprint density at radius 2 is 2.08 bits per heavy atom. The molecule has 1 aliphatic carbocycles. The Labute approximate surface area is 79.1 Å². The van der Waals surface area contributed by atoms with Crippen LogP contribution in [-0.2, 0) is 11.8 Å². The van der Waals surface area contributed by atoms with E-state index in [0.717, 1.165) is 0 Å². The Hall–Kier alpha value is -0.720. The van der Waals surface area contributed by atoms with E-state index in [4.69, 9.17) is 4.42 Å². The van der Waals surface area contributed by atoms with Crippen molar-refractivity contribution < 1.29 is 4.42 Å². The maximum absolute atomic E-state index is 5.73. The highest BCUT2D eigenvalue weighted by atomic mass is 16.3. The molecular weight excluding hydrogens is 160 g/mol. The predicted octanol–water partition coefficient (Wildman–Crippen LogP) is 3.28. The SMILES string of the molecule is CC1(C)CCC2(Cc3ccc2o3)C1. The fourth-order valence-electron chi connectivity index (χ4n) is 3.21. The van der Waals surface area contributed by atoms with Crippen LogP contribution in [0.2, 0.25) is 0 Å². The molecule has 1 aromatic heterocycles. The van der Waals surface area contributed by atoms with Gasteiger partial charge in [-0.15, -0.1) is 0 Å². The van der Waals surface area contributed by atoms with Crippen LogP contribution in [0.25, 0.3) is 0 Å². The molecule has 13 heavy (non-hydrogen) atoms. The summed E-state index contributed by atoms with van der Waals surface area (Å²) in [5, 5.41) is 0. The summed E-state index contributed by atoms with van der Waals surface area (Å²) >= 11 is 0. The lowest BCUT2D eigenvalue weighted by molar-refractivity contribution is 0.329. The number of hydrogen-bond acceptors (Lipinski definition) is 1. The highest BCUT2D eigenvalue weighted by Gasteiger charge is 2.49. The van der Waals surface area contributed by atoms with Gasteiger partial charge in [0.1, 0.15) is 11.5 Å². The van der Waals surface area contributed by atoms with Crippen molar-refractivity contribution in [3.63, 3.8) is 0 Å². The third-order valence-electron chi connectivity index (χ3n) is 3.79. The van der Waals surface area contributed by atoms with Crippen molar-refractivity contribution >= 4 is 0 Å². The van der Waals surface area contributed by atoms with E-state index in [9.17, 15) is 0 Å². The van der Waals surface area contributed by atoms with Gasteiger partial charge < -0.3 is 4.42 Å². The van der Waals surface area contributed by atoms with Gasteiger partial charge in [0, 0.05) is 11.8 Å². The van der Waals surface area contributed by atoms with Crippen LogP contribution in [0.15, 0.2) is 16.5 Å². The molecule has 1 nitrogen and oxygen atoms in total. The Balaban J connectivity index is 1.99. The fraction of sp³-hybridized carbons (Fsp3) is 0.667. The van der Waals surface area contributed by atoms with Gasteiger partial charge in [0.15, 0.2) is 0 Å². The van der Waals surface area contributed by atoms with E-state index in [2.05, 4.69) is 26.0 Å². The van der Waals surface area contributed by atoms with Crippen LogP contribution in [0.1, 0.15) is 44.6 Å². The van der Waals surface area contributed by atoms with Crippen molar-refractivity contribution in [3.05, 3.63) is 23.7 Å². The van der Waals surface area contributed by atoms with Crippen molar-refractivity contribution in [2.45, 2.75) is 44.9 Å². The molecular formula is C12H16O. The predicted molar refractivity (Wildman–Crippen MR) is 51.7 cm³/mol. The summed E-state index contributed by atoms with van der Waals surface area (Å²) in [5.41, 5.74) is 0.933. The second-order valence-electron chi connectivity index (χ2n) is 5.56. The molecule has 1 fully saturated rings. The van der Waals surface area contributed by atoms with Crippen molar-refractivity contribution in [2.75, 3.05) is 0 Å². The zero-order valence-corrected chi connectivity index (χ0v) is 8.39. The second kappa shape index (κ2) is 2.02. The van der Waals surface area contributed by atoms with Crippen molar-refractivity contribution in [1.29, 1.82) is 0 Å². The Morgan fingerprint density at radius 3 is 2.54 bits per heavy atom. The fourth-order valence-corrected chi connectivity index (χ4v) is 3.21. The summed E-state index contributed by atoms with van der Waals surface area (Å²) in [7, 11) is 0. The second-order valence-corrected chi connectivity index (χ2v) is 5.56. The van der Waals surface area contributed by atoms with Crippen LogP contribution >= 0.6 is 0 Å². The van der Waals surface area contributed by atoms with Gasteiger partial charge in [0.2, 0.25) is 0 Å². The highest BCUT2D eigenvalue weighted by Crippen LogP contribution is 2.55. The van der Waals surface area contributed by atoms with Crippen molar-refractivity contribution in [1.82, 2.24) is 0 Å². The smallest absolute Gasteiger partial charge is 0.110 e. The average Bonchev–Trinajstić information content (AvgIpc) is 2.65. The molecule has 1 saturated carbocycles. The van der Waals surface area contributed by atoms with Crippen LogP contribution in [0.4, 0.5) is 0 Å². The van der Waals surface area contributed by atoms with Gasteiger partial charge in [-0.3, -0.25) is 0 Å². The third kappa shape index (κ3) is 0.932. The summed E-state index contributed by atoms with van der Waals surface area (Å²) in [6, 6.07) is 4.31. The maximum Gasteiger partial charge on any atom is 0.110 e. The number of fused-ring (bicyclic) bond motifs is 3. The van der Waals surface area contributed by atoms with Gasteiger partial charge in [0.25, 0.3) is 0 Å². The lowest BCUT2D eigenvalue weighted by Crippen LogP contribution is -2.24. The molecule has 0 amide bonds. The first kappa shape index (κ1) is 7.66. The Bertz CT molecular complexity index is 348. The molecule has 70 valence electrons. The molecule has 1 aromatic rings. The van der Waals surface area contributed by atoms with E-state index < -0.39 is 0 Å². The molecule has 2 heterocycles. The molecule has 0 N–H and O–H groups in total. The summed E-state index contributed by atoms with van der Waals surface area (Å²) in [6.07, 6.45) is 5.15. The molecule has 2 aliphatic rings. The van der Waals surface area contributed by atoms with Crippen LogP contribution in [0.3, 0.4) is 0 Å². The van der Waals surface area contributed by atoms with E-state index in [1.165, 1.54) is 37.2 Å². The molecule has 1 aliphatic heterocycles. The average molecular weight is 176 g/mol. The van der Waals surface area contributed by atoms with Gasteiger partial charge in [-0.25, -0.2) is 0 Å². The number of rotatable bonds is 0. The highest BCUT2D eigenvalue weighted by molar-refractivity contribution is 5.29. The van der Waals surface area contributed by atoms with E-state index in [1.54, 1.807) is 0 Å². The standard InChI is InChI=1S/C12H16O/c1-11(2)5-6-12(8-11)7-9-3-4-10(12)13-9/h3-4H,5-8H2,1-2H3. The normalized spacial score (nSPS) is 34.6. The van der Waals surface area contributed by atoms with E-state index in [-0.39, 0.29) is 0 Å². The minimum atomic E-state index is 0.410. The molecule has 0 radical (unpaired) electrons.